The molecule has 3 rings (SSSR count). The van der Waals surface area contributed by atoms with E-state index in [1.807, 2.05) is 27.7 Å². The van der Waals surface area contributed by atoms with Gasteiger partial charge in [-0.1, -0.05) is 32.4 Å². The Morgan fingerprint density at radius 2 is 1.78 bits per heavy atom. The minimum absolute atomic E-state index is 0.382. The number of Topliss-reactive ketones (excluding diaryl/α,β-unsaturated/α-hetero) is 2. The van der Waals surface area contributed by atoms with Crippen LogP contribution in [0.15, 0.2) is 18.2 Å². The summed E-state index contributed by atoms with van der Waals surface area (Å²) < 4.78 is 0. The highest BCUT2D eigenvalue weighted by Gasteiger charge is 2.77. The Bertz CT molecular complexity index is 755. The summed E-state index contributed by atoms with van der Waals surface area (Å²) in [4.78, 5) is 38.1. The molecule has 1 N–H and O–H groups in total. The largest absolute Gasteiger partial charge is 0.325 e. The number of fused-ring (bicyclic) bond motifs is 2. The van der Waals surface area contributed by atoms with E-state index in [0.29, 0.717) is 23.6 Å². The van der Waals surface area contributed by atoms with E-state index in [-0.39, 0.29) is 5.91 Å². The van der Waals surface area contributed by atoms with Gasteiger partial charge >= 0.3 is 0 Å². The molecule has 0 aliphatic heterocycles. The van der Waals surface area contributed by atoms with E-state index < -0.39 is 27.8 Å². The van der Waals surface area contributed by atoms with Gasteiger partial charge in [-0.05, 0) is 48.9 Å². The molecule has 122 valence electrons. The molecule has 0 heterocycles. The maximum absolute atomic E-state index is 13.0. The van der Waals surface area contributed by atoms with Gasteiger partial charge in [0.05, 0.1) is 0 Å². The highest BCUT2D eigenvalue weighted by atomic mass is 35.5. The van der Waals surface area contributed by atoms with Crippen LogP contribution in [0.5, 0.6) is 0 Å². The van der Waals surface area contributed by atoms with Crippen molar-refractivity contribution >= 4 is 34.8 Å². The summed E-state index contributed by atoms with van der Waals surface area (Å²) in [6.45, 7) is 7.36. The summed E-state index contributed by atoms with van der Waals surface area (Å²) >= 11 is 5.94. The lowest BCUT2D eigenvalue weighted by molar-refractivity contribution is -0.147. The minimum atomic E-state index is -1.27. The Labute approximate surface area is 140 Å². The first-order valence-electron chi connectivity index (χ1n) is 7.75. The molecule has 0 aromatic heterocycles. The molecule has 0 radical (unpaired) electrons. The van der Waals surface area contributed by atoms with Crippen molar-refractivity contribution < 1.29 is 14.4 Å². The number of carbonyl (C=O) groups is 3. The fourth-order valence-electron chi connectivity index (χ4n) is 4.27. The van der Waals surface area contributed by atoms with E-state index in [4.69, 9.17) is 11.6 Å². The summed E-state index contributed by atoms with van der Waals surface area (Å²) in [6.07, 6.45) is 0.983. The SMILES string of the molecule is Cc1cc(Cl)ccc1NC(=O)[C@]12CC[C@@](C)(C(=O)C1=O)C2(C)C. The Morgan fingerprint density at radius 3 is 2.30 bits per heavy atom. The molecule has 23 heavy (non-hydrogen) atoms. The number of ketones is 2. The molecule has 4 nitrogen and oxygen atoms in total. The average molecular weight is 334 g/mol. The van der Waals surface area contributed by atoms with E-state index >= 15 is 0 Å². The van der Waals surface area contributed by atoms with Gasteiger partial charge in [0, 0.05) is 16.1 Å². The summed E-state index contributed by atoms with van der Waals surface area (Å²) in [7, 11) is 0. The monoisotopic (exact) mass is 333 g/mol. The van der Waals surface area contributed by atoms with E-state index in [1.54, 1.807) is 18.2 Å². The van der Waals surface area contributed by atoms with Gasteiger partial charge in [-0.25, -0.2) is 0 Å². The Kier molecular flexibility index (Phi) is 3.28. The lowest BCUT2D eigenvalue weighted by Gasteiger charge is -2.37. The molecule has 0 unspecified atom stereocenters. The van der Waals surface area contributed by atoms with Crippen molar-refractivity contribution in [3.63, 3.8) is 0 Å². The van der Waals surface area contributed by atoms with Crippen molar-refractivity contribution in [1.82, 2.24) is 0 Å². The molecule has 2 fully saturated rings. The number of halogens is 1. The van der Waals surface area contributed by atoms with Gasteiger partial charge in [0.25, 0.3) is 0 Å². The van der Waals surface area contributed by atoms with Crippen molar-refractivity contribution in [2.24, 2.45) is 16.2 Å². The summed E-state index contributed by atoms with van der Waals surface area (Å²) in [6, 6.07) is 5.16. The molecule has 0 saturated heterocycles. The number of rotatable bonds is 2. The first kappa shape index (κ1) is 16.2. The van der Waals surface area contributed by atoms with Crippen LogP contribution in [0.2, 0.25) is 5.02 Å². The van der Waals surface area contributed by atoms with Crippen LogP contribution in [0.4, 0.5) is 5.69 Å². The van der Waals surface area contributed by atoms with Crippen molar-refractivity contribution in [2.75, 3.05) is 5.32 Å². The Hall–Kier alpha value is -1.68. The molecule has 2 aliphatic carbocycles. The van der Waals surface area contributed by atoms with Crippen LogP contribution in [0.3, 0.4) is 0 Å². The number of nitrogens with one attached hydrogen (secondary N) is 1. The van der Waals surface area contributed by atoms with Gasteiger partial charge in [0.15, 0.2) is 0 Å². The van der Waals surface area contributed by atoms with Gasteiger partial charge in [0.2, 0.25) is 17.5 Å². The predicted octanol–water partition coefficient (Wildman–Crippen LogP) is 3.55. The molecule has 2 aliphatic rings. The van der Waals surface area contributed by atoms with Crippen molar-refractivity contribution in [3.8, 4) is 0 Å². The Balaban J connectivity index is 2.02. The minimum Gasteiger partial charge on any atom is -0.325 e. The van der Waals surface area contributed by atoms with Gasteiger partial charge in [-0.2, -0.15) is 0 Å². The second kappa shape index (κ2) is 4.67. The van der Waals surface area contributed by atoms with Crippen LogP contribution < -0.4 is 5.32 Å². The molecule has 1 amide bonds. The van der Waals surface area contributed by atoms with Crippen LogP contribution >= 0.6 is 11.6 Å². The molecule has 2 saturated carbocycles. The molecule has 1 aromatic carbocycles. The third-order valence-electron chi connectivity index (χ3n) is 6.37. The number of benzene rings is 1. The number of amides is 1. The van der Waals surface area contributed by atoms with Gasteiger partial charge < -0.3 is 5.32 Å². The normalized spacial score (nSPS) is 31.5. The fourth-order valence-corrected chi connectivity index (χ4v) is 4.50. The first-order valence-corrected chi connectivity index (χ1v) is 8.12. The first-order chi connectivity index (χ1) is 10.6. The lowest BCUT2D eigenvalue weighted by Crippen LogP contribution is -2.47. The fraction of sp³-hybridized carbons (Fsp3) is 0.500. The third kappa shape index (κ3) is 1.76. The van der Waals surface area contributed by atoms with Crippen molar-refractivity contribution in [1.29, 1.82) is 0 Å². The number of hydrogen-bond donors (Lipinski definition) is 1. The number of anilines is 1. The van der Waals surface area contributed by atoms with E-state index in [1.165, 1.54) is 0 Å². The summed E-state index contributed by atoms with van der Waals surface area (Å²) in [5.74, 6) is -1.33. The van der Waals surface area contributed by atoms with Gasteiger partial charge in [-0.15, -0.1) is 0 Å². The van der Waals surface area contributed by atoms with Crippen LogP contribution in [-0.2, 0) is 14.4 Å². The zero-order valence-corrected chi connectivity index (χ0v) is 14.5. The molecule has 5 heteroatoms. The second-order valence-electron chi connectivity index (χ2n) is 7.43. The number of aryl methyl sites for hydroxylation is 1. The van der Waals surface area contributed by atoms with Crippen LogP contribution in [0.1, 0.15) is 39.2 Å². The molecular weight excluding hydrogens is 314 g/mol. The van der Waals surface area contributed by atoms with Crippen LogP contribution in [0.25, 0.3) is 0 Å². The van der Waals surface area contributed by atoms with Gasteiger partial charge in [-0.3, -0.25) is 14.4 Å². The summed E-state index contributed by atoms with van der Waals surface area (Å²) in [5.41, 5.74) is -1.29. The third-order valence-corrected chi connectivity index (χ3v) is 6.60. The van der Waals surface area contributed by atoms with Gasteiger partial charge in [0.1, 0.15) is 5.41 Å². The molecular formula is C18H20ClNO3. The van der Waals surface area contributed by atoms with E-state index in [2.05, 4.69) is 5.32 Å². The zero-order valence-electron chi connectivity index (χ0n) is 13.7. The molecule has 2 atom stereocenters. The van der Waals surface area contributed by atoms with Crippen LogP contribution in [0, 0.1) is 23.2 Å². The topological polar surface area (TPSA) is 63.2 Å². The van der Waals surface area contributed by atoms with E-state index in [0.717, 1.165) is 5.56 Å². The van der Waals surface area contributed by atoms with Crippen molar-refractivity contribution in [3.05, 3.63) is 28.8 Å². The number of hydrogen-bond acceptors (Lipinski definition) is 3. The molecule has 2 bridgehead atoms. The average Bonchev–Trinajstić information content (AvgIpc) is 2.74. The van der Waals surface area contributed by atoms with E-state index in [9.17, 15) is 14.4 Å². The Morgan fingerprint density at radius 1 is 1.13 bits per heavy atom. The maximum atomic E-state index is 13.0. The maximum Gasteiger partial charge on any atom is 0.239 e. The predicted molar refractivity (Wildman–Crippen MR) is 88.4 cm³/mol. The molecule has 0 spiro atoms. The van der Waals surface area contributed by atoms with Crippen LogP contribution in [-0.4, -0.2) is 17.5 Å². The highest BCUT2D eigenvalue weighted by Crippen LogP contribution is 2.69. The smallest absolute Gasteiger partial charge is 0.239 e. The molecule has 1 aromatic rings. The quantitative estimate of drug-likeness (QED) is 0.665. The zero-order chi connectivity index (χ0) is 17.2. The lowest BCUT2D eigenvalue weighted by atomic mass is 9.64. The summed E-state index contributed by atoms with van der Waals surface area (Å²) in [5, 5.41) is 3.43. The highest BCUT2D eigenvalue weighted by molar-refractivity contribution is 6.49. The second-order valence-corrected chi connectivity index (χ2v) is 7.87. The van der Waals surface area contributed by atoms with Crippen molar-refractivity contribution in [2.45, 2.75) is 40.5 Å². The number of carbonyl (C=O) groups excluding carboxylic acids is 3. The standard InChI is InChI=1S/C18H20ClNO3/c1-10-9-11(19)5-6-12(10)20-15(23)18-8-7-17(4,16(18,2)3)13(21)14(18)22/h5-6,9H,7-8H2,1-4H3,(H,20,23)/t17-,18-/m0/s1.